The third-order valence-electron chi connectivity index (χ3n) is 1.52. The van der Waals surface area contributed by atoms with E-state index in [-0.39, 0.29) is 83.7 Å². The first-order valence-corrected chi connectivity index (χ1v) is 4.12. The van der Waals surface area contributed by atoms with E-state index in [4.69, 9.17) is 4.84 Å². The minimum Gasteiger partial charge on any atom is -1.00 e. The molecule has 1 aliphatic rings. The van der Waals surface area contributed by atoms with Crippen molar-refractivity contribution in [2.24, 2.45) is 0 Å². The molecule has 0 aromatic rings. The molecule has 0 aromatic heterocycles. The summed E-state index contributed by atoms with van der Waals surface area (Å²) in [6.45, 7) is 2.88. The van der Waals surface area contributed by atoms with Crippen LogP contribution in [-0.4, -0.2) is 6.61 Å². The fourth-order valence-corrected chi connectivity index (χ4v) is 0.841. The average molecular weight is 346 g/mol. The Hall–Kier alpha value is 0.534. The van der Waals surface area contributed by atoms with Gasteiger partial charge in [0.25, 0.3) is 0 Å². The fraction of sp³-hybridized carbons (Fsp3) is 0.357. The summed E-state index contributed by atoms with van der Waals surface area (Å²) in [5.74, 6) is 0. The average Bonchev–Trinajstić information content (AvgIpc) is 2.50. The number of halogens is 2. The van der Waals surface area contributed by atoms with E-state index in [0.29, 0.717) is 0 Å². The van der Waals surface area contributed by atoms with Crippen molar-refractivity contribution >= 4 is 0 Å². The molecule has 1 rings (SSSR count). The normalized spacial score (nSPS) is 8.79. The summed E-state index contributed by atoms with van der Waals surface area (Å²) >= 11 is 0. The van der Waals surface area contributed by atoms with Crippen LogP contribution in [-0.2, 0) is 26.6 Å². The van der Waals surface area contributed by atoms with Crippen molar-refractivity contribution in [3.8, 4) is 0 Å². The molecule has 0 spiro atoms. The van der Waals surface area contributed by atoms with Crippen LogP contribution in [0.15, 0.2) is 23.9 Å². The van der Waals surface area contributed by atoms with Crippen LogP contribution in [0.25, 0.3) is 5.48 Å². The van der Waals surface area contributed by atoms with Crippen LogP contribution in [0.3, 0.4) is 0 Å². The van der Waals surface area contributed by atoms with E-state index in [2.05, 4.69) is 18.5 Å². The maximum atomic E-state index is 5.07. The van der Waals surface area contributed by atoms with Gasteiger partial charge in [0.15, 0.2) is 0 Å². The van der Waals surface area contributed by atoms with Crippen molar-refractivity contribution in [2.75, 3.05) is 6.61 Å². The molecule has 0 saturated carbocycles. The quantitative estimate of drug-likeness (QED) is 0.277. The van der Waals surface area contributed by atoms with Gasteiger partial charge in [-0.1, -0.05) is 31.6 Å². The van der Waals surface area contributed by atoms with Gasteiger partial charge in [0.2, 0.25) is 0 Å². The van der Waals surface area contributed by atoms with E-state index in [0.717, 1.165) is 31.6 Å². The third kappa shape index (κ3) is 27.7. The van der Waals surface area contributed by atoms with Gasteiger partial charge >= 0.3 is 21.7 Å². The summed E-state index contributed by atoms with van der Waals surface area (Å²) in [4.78, 5) is 5.07. The number of unbranched alkanes of at least 4 members (excludes halogenated alkanes) is 1. The third-order valence-corrected chi connectivity index (χ3v) is 1.52. The van der Waals surface area contributed by atoms with Crippen LogP contribution in [0.1, 0.15) is 26.2 Å². The Morgan fingerprint density at radius 3 is 2.00 bits per heavy atom. The summed E-state index contributed by atoms with van der Waals surface area (Å²) < 4.78 is 0. The van der Waals surface area contributed by atoms with E-state index in [1.165, 1.54) is 0 Å². The first kappa shape index (κ1) is 50.4. The second kappa shape index (κ2) is 36.3. The summed E-state index contributed by atoms with van der Waals surface area (Å²) in [6, 6.07) is 0. The second-order valence-electron chi connectivity index (χ2n) is 2.57. The predicted octanol–water partition coefficient (Wildman–Crippen LogP) is -0.807. The standard InChI is InChI=1S/C9H14NO.5CH3.2ClH.Ti/c1-2-3-8-11-10-9-6-4-5-7-9;;;;;;;;/h4-6H,2-3,7-8H2,1H3;5*1H3;2*1H;/q6*-1;;;+2/p-2. The zero-order valence-electron chi connectivity index (χ0n) is 13.2. The van der Waals surface area contributed by atoms with Gasteiger partial charge in [0, 0.05) is 6.61 Å². The number of nitrogens with zero attached hydrogens (tertiary/aromatic N) is 1. The van der Waals surface area contributed by atoms with Crippen molar-refractivity contribution in [2.45, 2.75) is 26.2 Å². The first-order chi connectivity index (χ1) is 5.43. The minimum absolute atomic E-state index is 0. The van der Waals surface area contributed by atoms with Crippen LogP contribution in [0, 0.1) is 37.1 Å². The van der Waals surface area contributed by atoms with E-state index in [1.54, 1.807) is 0 Å². The van der Waals surface area contributed by atoms with E-state index >= 15 is 0 Å². The van der Waals surface area contributed by atoms with Crippen LogP contribution in [0.4, 0.5) is 0 Å². The van der Waals surface area contributed by atoms with Gasteiger partial charge in [-0.3, -0.25) is 0 Å². The molecule has 5 heteroatoms. The zero-order chi connectivity index (χ0) is 7.94. The SMILES string of the molecule is CCCCO[N-]C1=CC=CC1.[CH3-].[CH3-].[CH3-].[CH3-].[CH3-].[Cl-].[Cl-].[Ti+2]. The molecule has 120 valence electrons. The fourth-order valence-electron chi connectivity index (χ4n) is 0.841. The molecule has 0 bridgehead atoms. The Morgan fingerprint density at radius 1 is 1.11 bits per heavy atom. The van der Waals surface area contributed by atoms with Gasteiger partial charge in [0.05, 0.1) is 0 Å². The first-order valence-electron chi connectivity index (χ1n) is 4.12. The largest absolute Gasteiger partial charge is 2.00 e. The van der Waals surface area contributed by atoms with Crippen molar-refractivity contribution < 1.29 is 51.4 Å². The molecule has 0 saturated heterocycles. The van der Waals surface area contributed by atoms with Gasteiger partial charge in [0.1, 0.15) is 0 Å². The van der Waals surface area contributed by atoms with Crippen LogP contribution in [0.5, 0.6) is 0 Å². The predicted molar refractivity (Wildman–Crippen MR) is 78.1 cm³/mol. The van der Waals surface area contributed by atoms with Crippen molar-refractivity contribution in [3.63, 3.8) is 0 Å². The number of rotatable bonds is 5. The summed E-state index contributed by atoms with van der Waals surface area (Å²) in [5.41, 5.74) is 4.99. The molecule has 0 heterocycles. The Labute approximate surface area is 150 Å². The molecule has 0 radical (unpaired) electrons. The second-order valence-corrected chi connectivity index (χ2v) is 2.57. The summed E-state index contributed by atoms with van der Waals surface area (Å²) in [6.07, 6.45) is 9.22. The molecular weight excluding hydrogens is 317 g/mol. The number of hydroxylamine groups is 1. The van der Waals surface area contributed by atoms with Gasteiger partial charge in [-0.15, -0.1) is 5.70 Å². The molecule has 19 heavy (non-hydrogen) atoms. The molecule has 0 atom stereocenters. The maximum Gasteiger partial charge on any atom is 2.00 e. The molecule has 0 aliphatic heterocycles. The Bertz CT molecular complexity index is 177. The van der Waals surface area contributed by atoms with Crippen molar-refractivity contribution in [3.05, 3.63) is 66.5 Å². The molecule has 0 aromatic carbocycles. The van der Waals surface area contributed by atoms with Gasteiger partial charge < -0.3 is 72.3 Å². The Balaban J connectivity index is -0.0000000252. The smallest absolute Gasteiger partial charge is 1.00 e. The van der Waals surface area contributed by atoms with Crippen LogP contribution in [0.2, 0.25) is 0 Å². The Morgan fingerprint density at radius 2 is 1.63 bits per heavy atom. The van der Waals surface area contributed by atoms with E-state index < -0.39 is 0 Å². The van der Waals surface area contributed by atoms with Gasteiger partial charge in [-0.25, -0.2) is 0 Å². The number of hydrogen-bond donors (Lipinski definition) is 0. The molecule has 0 N–H and O–H groups in total. The zero-order valence-corrected chi connectivity index (χ0v) is 16.2. The van der Waals surface area contributed by atoms with Crippen molar-refractivity contribution in [1.82, 2.24) is 0 Å². The molecule has 0 unspecified atom stereocenters. The molecule has 0 amide bonds. The molecule has 2 nitrogen and oxygen atoms in total. The monoisotopic (exact) mass is 345 g/mol. The van der Waals surface area contributed by atoms with Crippen LogP contribution < -0.4 is 24.8 Å². The molecule has 1 aliphatic carbocycles. The van der Waals surface area contributed by atoms with E-state index in [9.17, 15) is 0 Å². The molecule has 0 fully saturated rings. The summed E-state index contributed by atoms with van der Waals surface area (Å²) in [5, 5.41) is 0. The van der Waals surface area contributed by atoms with E-state index in [1.807, 2.05) is 12.2 Å². The summed E-state index contributed by atoms with van der Waals surface area (Å²) in [7, 11) is 0. The topological polar surface area (TPSA) is 23.3 Å². The molecular formula is C14H29Cl2NOTi-6. The van der Waals surface area contributed by atoms with Gasteiger partial charge in [-0.05, 0) is 12.8 Å². The van der Waals surface area contributed by atoms with Gasteiger partial charge in [-0.2, -0.15) is 0 Å². The number of allylic oxidation sites excluding steroid dienone is 3. The number of hydrogen-bond acceptors (Lipinski definition) is 1. The van der Waals surface area contributed by atoms with Crippen molar-refractivity contribution in [1.29, 1.82) is 0 Å². The maximum absolute atomic E-state index is 5.07. The van der Waals surface area contributed by atoms with Crippen LogP contribution >= 0.6 is 0 Å². The minimum atomic E-state index is 0. The Kier molecular flexibility index (Phi) is 96.3.